The summed E-state index contributed by atoms with van der Waals surface area (Å²) in [4.78, 5) is 13.9. The number of likely N-dealkylation sites (tertiary alicyclic amines) is 1. The topological polar surface area (TPSA) is 57.7 Å². The van der Waals surface area contributed by atoms with E-state index in [-0.39, 0.29) is 5.91 Å². The highest BCUT2D eigenvalue weighted by molar-refractivity contribution is 7.89. The predicted octanol–water partition coefficient (Wildman–Crippen LogP) is 2.60. The highest BCUT2D eigenvalue weighted by Crippen LogP contribution is 2.25. The molecule has 1 saturated heterocycles. The lowest BCUT2D eigenvalue weighted by atomic mass is 10.0. The van der Waals surface area contributed by atoms with Crippen LogP contribution in [0.4, 0.5) is 0 Å². The van der Waals surface area contributed by atoms with Gasteiger partial charge in [0.25, 0.3) is 0 Å². The monoisotopic (exact) mass is 384 g/mol. The molecule has 0 saturated carbocycles. The van der Waals surface area contributed by atoms with Crippen LogP contribution in [0, 0.1) is 0 Å². The third kappa shape index (κ3) is 3.77. The number of amides is 1. The van der Waals surface area contributed by atoms with Gasteiger partial charge in [0.2, 0.25) is 15.9 Å². The Morgan fingerprint density at radius 1 is 0.889 bits per heavy atom. The van der Waals surface area contributed by atoms with E-state index in [0.717, 1.165) is 36.9 Å². The van der Waals surface area contributed by atoms with Gasteiger partial charge in [0, 0.05) is 32.6 Å². The molecule has 6 heteroatoms. The van der Waals surface area contributed by atoms with Gasteiger partial charge in [-0.1, -0.05) is 36.4 Å². The van der Waals surface area contributed by atoms with Crippen LogP contribution < -0.4 is 0 Å². The average molecular weight is 385 g/mol. The molecule has 5 nitrogen and oxygen atoms in total. The van der Waals surface area contributed by atoms with Gasteiger partial charge >= 0.3 is 0 Å². The molecule has 2 aromatic carbocycles. The maximum atomic E-state index is 13.0. The van der Waals surface area contributed by atoms with Crippen LogP contribution in [0.1, 0.15) is 29.5 Å². The van der Waals surface area contributed by atoms with Crippen molar-refractivity contribution in [2.45, 2.75) is 37.1 Å². The van der Waals surface area contributed by atoms with Crippen molar-refractivity contribution in [3.63, 3.8) is 0 Å². The Bertz CT molecular complexity index is 938. The first-order valence-electron chi connectivity index (χ1n) is 9.48. The lowest BCUT2D eigenvalue weighted by Gasteiger charge is -2.28. The van der Waals surface area contributed by atoms with Gasteiger partial charge in [-0.3, -0.25) is 4.79 Å². The molecule has 0 aromatic heterocycles. The lowest BCUT2D eigenvalue weighted by molar-refractivity contribution is -0.127. The molecule has 0 N–H and O–H groups in total. The summed E-state index contributed by atoms with van der Waals surface area (Å²) in [6, 6.07) is 15.1. The van der Waals surface area contributed by atoms with E-state index in [1.807, 2.05) is 35.2 Å². The standard InChI is InChI=1S/C21H24N2O3S/c24-21-6-3-13-22(21)14-11-17-7-9-20(10-8-17)27(25,26)23-15-12-18-4-1-2-5-19(18)16-23/h1-2,4-5,7-10H,3,6,11-16H2. The van der Waals surface area contributed by atoms with Gasteiger partial charge in [-0.15, -0.1) is 0 Å². The third-order valence-electron chi connectivity index (χ3n) is 5.50. The first-order valence-corrected chi connectivity index (χ1v) is 10.9. The minimum absolute atomic E-state index is 0.222. The molecular formula is C21H24N2O3S. The van der Waals surface area contributed by atoms with Crippen molar-refractivity contribution in [3.05, 3.63) is 65.2 Å². The first kappa shape index (κ1) is 18.2. The van der Waals surface area contributed by atoms with Crippen LogP contribution in [-0.4, -0.2) is 43.2 Å². The molecule has 0 atom stereocenters. The molecule has 27 heavy (non-hydrogen) atoms. The molecule has 1 amide bonds. The van der Waals surface area contributed by atoms with E-state index in [0.29, 0.717) is 31.0 Å². The van der Waals surface area contributed by atoms with Crippen molar-refractivity contribution in [3.8, 4) is 0 Å². The highest BCUT2D eigenvalue weighted by atomic mass is 32.2. The van der Waals surface area contributed by atoms with E-state index in [4.69, 9.17) is 0 Å². The molecule has 142 valence electrons. The fraction of sp³-hybridized carbons (Fsp3) is 0.381. The normalized spacial score (nSPS) is 17.9. The quantitative estimate of drug-likeness (QED) is 0.796. The van der Waals surface area contributed by atoms with E-state index in [9.17, 15) is 13.2 Å². The van der Waals surface area contributed by atoms with E-state index >= 15 is 0 Å². The second-order valence-corrected chi connectivity index (χ2v) is 9.17. The summed E-state index contributed by atoms with van der Waals surface area (Å²) in [6.45, 7) is 2.48. The van der Waals surface area contributed by atoms with E-state index in [2.05, 4.69) is 6.07 Å². The molecule has 0 bridgehead atoms. The van der Waals surface area contributed by atoms with E-state index in [1.54, 1.807) is 16.4 Å². The van der Waals surface area contributed by atoms with Crippen molar-refractivity contribution in [1.82, 2.24) is 9.21 Å². The molecule has 0 aliphatic carbocycles. The molecule has 2 aromatic rings. The molecule has 0 unspecified atom stereocenters. The molecule has 0 radical (unpaired) electrons. The Kier molecular flexibility index (Phi) is 5.02. The maximum Gasteiger partial charge on any atom is 0.243 e. The summed E-state index contributed by atoms with van der Waals surface area (Å²) in [5.41, 5.74) is 3.37. The zero-order chi connectivity index (χ0) is 18.9. The number of hydrogen-bond acceptors (Lipinski definition) is 3. The van der Waals surface area contributed by atoms with Gasteiger partial charge in [-0.05, 0) is 48.1 Å². The fourth-order valence-electron chi connectivity index (χ4n) is 3.86. The summed E-state index contributed by atoms with van der Waals surface area (Å²) in [5, 5.41) is 0. The Balaban J connectivity index is 1.44. The summed E-state index contributed by atoms with van der Waals surface area (Å²) in [7, 11) is -3.49. The van der Waals surface area contributed by atoms with Crippen LogP contribution in [0.2, 0.25) is 0 Å². The van der Waals surface area contributed by atoms with Crippen molar-refractivity contribution in [1.29, 1.82) is 0 Å². The molecular weight excluding hydrogens is 360 g/mol. The van der Waals surface area contributed by atoms with Crippen LogP contribution in [0.15, 0.2) is 53.4 Å². The van der Waals surface area contributed by atoms with Gasteiger partial charge in [0.05, 0.1) is 4.90 Å². The smallest absolute Gasteiger partial charge is 0.243 e. The molecule has 2 heterocycles. The SMILES string of the molecule is O=C1CCCN1CCc1ccc(S(=O)(=O)N2CCc3ccccc3C2)cc1. The number of carbonyl (C=O) groups is 1. The van der Waals surface area contributed by atoms with Gasteiger partial charge < -0.3 is 4.90 Å². The second-order valence-electron chi connectivity index (χ2n) is 7.24. The Labute approximate surface area is 160 Å². The first-order chi connectivity index (χ1) is 13.0. The van der Waals surface area contributed by atoms with Crippen molar-refractivity contribution >= 4 is 15.9 Å². The Hall–Kier alpha value is -2.18. The number of hydrogen-bond donors (Lipinski definition) is 0. The Morgan fingerprint density at radius 3 is 2.33 bits per heavy atom. The molecule has 4 rings (SSSR count). The van der Waals surface area contributed by atoms with Crippen LogP contribution in [0.5, 0.6) is 0 Å². The number of rotatable bonds is 5. The lowest BCUT2D eigenvalue weighted by Crippen LogP contribution is -2.35. The zero-order valence-corrected chi connectivity index (χ0v) is 16.1. The fourth-order valence-corrected chi connectivity index (χ4v) is 5.28. The summed E-state index contributed by atoms with van der Waals surface area (Å²) in [5.74, 6) is 0.222. The predicted molar refractivity (Wildman–Crippen MR) is 104 cm³/mol. The van der Waals surface area contributed by atoms with Gasteiger partial charge in [0.1, 0.15) is 0 Å². The van der Waals surface area contributed by atoms with Gasteiger partial charge in [-0.2, -0.15) is 4.31 Å². The van der Waals surface area contributed by atoms with Crippen LogP contribution in [-0.2, 0) is 34.2 Å². The minimum atomic E-state index is -3.49. The Morgan fingerprint density at radius 2 is 1.63 bits per heavy atom. The number of fused-ring (bicyclic) bond motifs is 1. The van der Waals surface area contributed by atoms with Crippen molar-refractivity contribution < 1.29 is 13.2 Å². The summed E-state index contributed by atoms with van der Waals surface area (Å²) < 4.78 is 27.5. The van der Waals surface area contributed by atoms with Gasteiger partial charge in [0.15, 0.2) is 0 Å². The molecule has 1 fully saturated rings. The summed E-state index contributed by atoms with van der Waals surface area (Å²) in [6.07, 6.45) is 3.09. The number of sulfonamides is 1. The van der Waals surface area contributed by atoms with Gasteiger partial charge in [-0.25, -0.2) is 8.42 Å². The van der Waals surface area contributed by atoms with Crippen molar-refractivity contribution in [2.75, 3.05) is 19.6 Å². The number of carbonyl (C=O) groups excluding carboxylic acids is 1. The molecule has 2 aliphatic rings. The van der Waals surface area contributed by atoms with Crippen LogP contribution in [0.25, 0.3) is 0 Å². The third-order valence-corrected chi connectivity index (χ3v) is 7.36. The van der Waals surface area contributed by atoms with Crippen LogP contribution >= 0.6 is 0 Å². The van der Waals surface area contributed by atoms with Crippen molar-refractivity contribution in [2.24, 2.45) is 0 Å². The summed E-state index contributed by atoms with van der Waals surface area (Å²) >= 11 is 0. The number of nitrogens with zero attached hydrogens (tertiary/aromatic N) is 2. The molecule has 2 aliphatic heterocycles. The number of benzene rings is 2. The maximum absolute atomic E-state index is 13.0. The zero-order valence-electron chi connectivity index (χ0n) is 15.3. The molecule has 0 spiro atoms. The average Bonchev–Trinajstić information content (AvgIpc) is 3.11. The van der Waals surface area contributed by atoms with E-state index in [1.165, 1.54) is 5.56 Å². The second kappa shape index (κ2) is 7.44. The largest absolute Gasteiger partial charge is 0.342 e. The van der Waals surface area contributed by atoms with Crippen LogP contribution in [0.3, 0.4) is 0 Å². The van der Waals surface area contributed by atoms with E-state index < -0.39 is 10.0 Å². The minimum Gasteiger partial charge on any atom is -0.342 e. The highest BCUT2D eigenvalue weighted by Gasteiger charge is 2.28.